The maximum atomic E-state index is 13.1. The molecule has 0 aromatic heterocycles. The van der Waals surface area contributed by atoms with Gasteiger partial charge >= 0.3 is 0 Å². The average Bonchev–Trinajstić information content (AvgIpc) is 2.83. The number of hydrogen-bond acceptors (Lipinski definition) is 2. The van der Waals surface area contributed by atoms with Crippen LogP contribution < -0.4 is 0 Å². The van der Waals surface area contributed by atoms with E-state index in [4.69, 9.17) is 0 Å². The van der Waals surface area contributed by atoms with Gasteiger partial charge in [0.15, 0.2) is 0 Å². The molecule has 3 aromatic carbocycles. The summed E-state index contributed by atoms with van der Waals surface area (Å²) >= 11 is 0. The zero-order valence-corrected chi connectivity index (χ0v) is 18.4. The first kappa shape index (κ1) is 21.8. The third-order valence-electron chi connectivity index (χ3n) is 6.10. The lowest BCUT2D eigenvalue weighted by Crippen LogP contribution is -2.44. The Morgan fingerprint density at radius 3 is 2.22 bits per heavy atom. The lowest BCUT2D eigenvalue weighted by Gasteiger charge is -2.38. The molecular formula is C29H29NO2. The van der Waals surface area contributed by atoms with Gasteiger partial charge in [0.05, 0.1) is 5.60 Å². The number of benzene rings is 3. The van der Waals surface area contributed by atoms with E-state index < -0.39 is 5.60 Å². The monoisotopic (exact) mass is 423 g/mol. The Hall–Kier alpha value is -3.43. The molecule has 0 spiro atoms. The summed E-state index contributed by atoms with van der Waals surface area (Å²) in [6.07, 6.45) is 6.84. The molecule has 1 aliphatic heterocycles. The zero-order chi connectivity index (χ0) is 22.4. The molecule has 0 bridgehead atoms. The van der Waals surface area contributed by atoms with E-state index in [0.29, 0.717) is 25.9 Å². The van der Waals surface area contributed by atoms with Crippen LogP contribution in [0, 0.1) is 6.92 Å². The smallest absolute Gasteiger partial charge is 0.247 e. The Morgan fingerprint density at radius 2 is 1.56 bits per heavy atom. The third-order valence-corrected chi connectivity index (χ3v) is 6.10. The number of allylic oxidation sites excluding steroid dienone is 2. The number of carbonyl (C=O) groups is 1. The molecule has 1 aliphatic rings. The number of carbonyl (C=O) groups excluding carboxylic acids is 1. The molecule has 1 amide bonds. The minimum atomic E-state index is -0.866. The largest absolute Gasteiger partial charge is 0.385 e. The SMILES string of the molecule is Cc1cccc(/C=C/C(=C/C(=O)N2CCC(O)(c3ccccc3)CC2)c2ccccc2)c1. The molecule has 1 heterocycles. The predicted molar refractivity (Wildman–Crippen MR) is 131 cm³/mol. The Labute approximate surface area is 190 Å². The topological polar surface area (TPSA) is 40.5 Å². The van der Waals surface area contributed by atoms with Crippen molar-refractivity contribution >= 4 is 17.6 Å². The van der Waals surface area contributed by atoms with Gasteiger partial charge in [-0.2, -0.15) is 0 Å². The molecule has 3 heteroatoms. The summed E-state index contributed by atoms with van der Waals surface area (Å²) in [5.41, 5.74) is 4.24. The van der Waals surface area contributed by atoms with Gasteiger partial charge in [-0.15, -0.1) is 0 Å². The van der Waals surface area contributed by atoms with Crippen LogP contribution in [0.15, 0.2) is 97.1 Å². The van der Waals surface area contributed by atoms with Gasteiger partial charge in [-0.05, 0) is 42.0 Å². The van der Waals surface area contributed by atoms with E-state index in [1.807, 2.05) is 83.8 Å². The van der Waals surface area contributed by atoms with E-state index in [2.05, 4.69) is 25.1 Å². The molecule has 0 aliphatic carbocycles. The number of rotatable bonds is 5. The van der Waals surface area contributed by atoms with E-state index >= 15 is 0 Å². The van der Waals surface area contributed by atoms with Crippen LogP contribution in [-0.4, -0.2) is 29.0 Å². The highest BCUT2D eigenvalue weighted by Gasteiger charge is 2.34. The fraction of sp³-hybridized carbons (Fsp3) is 0.207. The second-order valence-electron chi connectivity index (χ2n) is 8.44. The normalized spacial score (nSPS) is 16.3. The fourth-order valence-electron chi connectivity index (χ4n) is 4.18. The number of amides is 1. The molecule has 162 valence electrons. The molecule has 3 nitrogen and oxygen atoms in total. The minimum Gasteiger partial charge on any atom is -0.385 e. The summed E-state index contributed by atoms with van der Waals surface area (Å²) < 4.78 is 0. The fourth-order valence-corrected chi connectivity index (χ4v) is 4.18. The van der Waals surface area contributed by atoms with Crippen LogP contribution in [0.5, 0.6) is 0 Å². The minimum absolute atomic E-state index is 0.0205. The van der Waals surface area contributed by atoms with Crippen molar-refractivity contribution in [1.29, 1.82) is 0 Å². The summed E-state index contributed by atoms with van der Waals surface area (Å²) in [6, 6.07) is 28.0. The predicted octanol–water partition coefficient (Wildman–Crippen LogP) is 5.60. The molecule has 1 saturated heterocycles. The maximum Gasteiger partial charge on any atom is 0.247 e. The van der Waals surface area contributed by atoms with Gasteiger partial charge in [0.25, 0.3) is 0 Å². The summed E-state index contributed by atoms with van der Waals surface area (Å²) in [5.74, 6) is -0.0205. The van der Waals surface area contributed by atoms with Crippen molar-refractivity contribution in [3.63, 3.8) is 0 Å². The van der Waals surface area contributed by atoms with E-state index in [1.54, 1.807) is 6.08 Å². The maximum absolute atomic E-state index is 13.1. The van der Waals surface area contributed by atoms with E-state index in [1.165, 1.54) is 5.56 Å². The van der Waals surface area contributed by atoms with Crippen LogP contribution in [0.2, 0.25) is 0 Å². The number of hydrogen-bond donors (Lipinski definition) is 1. The van der Waals surface area contributed by atoms with Crippen LogP contribution >= 0.6 is 0 Å². The molecule has 32 heavy (non-hydrogen) atoms. The summed E-state index contributed by atoms with van der Waals surface area (Å²) in [5, 5.41) is 11.1. The first-order valence-electron chi connectivity index (χ1n) is 11.1. The lowest BCUT2D eigenvalue weighted by atomic mass is 9.84. The second kappa shape index (κ2) is 9.80. The molecular weight excluding hydrogens is 394 g/mol. The zero-order valence-electron chi connectivity index (χ0n) is 18.4. The van der Waals surface area contributed by atoms with E-state index in [-0.39, 0.29) is 5.91 Å². The Kier molecular flexibility index (Phi) is 6.67. The number of likely N-dealkylation sites (tertiary alicyclic amines) is 1. The van der Waals surface area contributed by atoms with Gasteiger partial charge in [-0.3, -0.25) is 4.79 Å². The highest BCUT2D eigenvalue weighted by molar-refractivity contribution is 5.98. The Bertz CT molecular complexity index is 1110. The van der Waals surface area contributed by atoms with Crippen LogP contribution in [0.25, 0.3) is 11.6 Å². The molecule has 0 unspecified atom stereocenters. The van der Waals surface area contributed by atoms with Crippen molar-refractivity contribution in [2.24, 2.45) is 0 Å². The van der Waals surface area contributed by atoms with Gasteiger partial charge < -0.3 is 10.0 Å². The van der Waals surface area contributed by atoms with Crippen molar-refractivity contribution < 1.29 is 9.90 Å². The van der Waals surface area contributed by atoms with Gasteiger partial charge in [0.1, 0.15) is 0 Å². The highest BCUT2D eigenvalue weighted by atomic mass is 16.3. The molecule has 3 aromatic rings. The number of aryl methyl sites for hydroxylation is 1. The van der Waals surface area contributed by atoms with Crippen LogP contribution in [0.1, 0.15) is 35.1 Å². The second-order valence-corrected chi connectivity index (χ2v) is 8.44. The first-order valence-corrected chi connectivity index (χ1v) is 11.1. The van der Waals surface area contributed by atoms with Gasteiger partial charge in [0.2, 0.25) is 5.91 Å². The third kappa shape index (κ3) is 5.24. The van der Waals surface area contributed by atoms with E-state index in [9.17, 15) is 9.90 Å². The van der Waals surface area contributed by atoms with Crippen LogP contribution in [0.3, 0.4) is 0 Å². The van der Waals surface area contributed by atoms with Crippen molar-refractivity contribution in [2.45, 2.75) is 25.4 Å². The molecule has 1 fully saturated rings. The summed E-state index contributed by atoms with van der Waals surface area (Å²) in [6.45, 7) is 3.14. The van der Waals surface area contributed by atoms with Gasteiger partial charge in [-0.1, -0.05) is 103 Å². The highest BCUT2D eigenvalue weighted by Crippen LogP contribution is 2.33. The average molecular weight is 424 g/mol. The van der Waals surface area contributed by atoms with Crippen molar-refractivity contribution in [2.75, 3.05) is 13.1 Å². The lowest BCUT2D eigenvalue weighted by molar-refractivity contribution is -0.130. The molecule has 4 rings (SSSR count). The van der Waals surface area contributed by atoms with Crippen molar-refractivity contribution in [3.05, 3.63) is 119 Å². The molecule has 0 atom stereocenters. The summed E-state index contributed by atoms with van der Waals surface area (Å²) in [7, 11) is 0. The Morgan fingerprint density at radius 1 is 0.906 bits per heavy atom. The van der Waals surface area contributed by atoms with Crippen molar-refractivity contribution in [3.8, 4) is 0 Å². The van der Waals surface area contributed by atoms with Gasteiger partial charge in [0, 0.05) is 19.2 Å². The molecule has 0 saturated carbocycles. The number of nitrogens with zero attached hydrogens (tertiary/aromatic N) is 1. The molecule has 0 radical (unpaired) electrons. The standard InChI is InChI=1S/C29H29NO2/c1-23-9-8-10-24(21-23)15-16-26(25-11-4-2-5-12-25)22-28(31)30-19-17-29(32,18-20-30)27-13-6-3-7-14-27/h2-16,21-22,32H,17-20H2,1H3/b16-15+,26-22-. The van der Waals surface area contributed by atoms with Crippen LogP contribution in [0.4, 0.5) is 0 Å². The molecule has 1 N–H and O–H groups in total. The first-order chi connectivity index (χ1) is 15.5. The van der Waals surface area contributed by atoms with Gasteiger partial charge in [-0.25, -0.2) is 0 Å². The Balaban J connectivity index is 1.52. The quantitative estimate of drug-likeness (QED) is 0.428. The summed E-state index contributed by atoms with van der Waals surface area (Å²) in [4.78, 5) is 15.0. The number of piperidine rings is 1. The van der Waals surface area contributed by atoms with Crippen molar-refractivity contribution in [1.82, 2.24) is 4.90 Å². The van der Waals surface area contributed by atoms with Crippen LogP contribution in [-0.2, 0) is 10.4 Å². The number of aliphatic hydroxyl groups is 1. The van der Waals surface area contributed by atoms with E-state index in [0.717, 1.165) is 22.3 Å².